The summed E-state index contributed by atoms with van der Waals surface area (Å²) in [6.07, 6.45) is 4.04. The van der Waals surface area contributed by atoms with Gasteiger partial charge in [0.2, 0.25) is 0 Å². The second-order valence-corrected chi connectivity index (χ2v) is 4.01. The molecule has 0 radical (unpaired) electrons. The molecular weight excluding hydrogens is 248 g/mol. The van der Waals surface area contributed by atoms with E-state index >= 15 is 0 Å². The molecule has 19 heavy (non-hydrogen) atoms. The van der Waals surface area contributed by atoms with Gasteiger partial charge in [0, 0.05) is 30.9 Å². The van der Waals surface area contributed by atoms with Crippen molar-refractivity contribution in [2.45, 2.75) is 13.0 Å². The summed E-state index contributed by atoms with van der Waals surface area (Å²) >= 11 is 0. The molecule has 0 spiro atoms. The van der Waals surface area contributed by atoms with Crippen LogP contribution in [0.3, 0.4) is 0 Å². The number of phenols is 2. The van der Waals surface area contributed by atoms with Crippen molar-refractivity contribution < 1.29 is 15.0 Å². The van der Waals surface area contributed by atoms with E-state index in [9.17, 15) is 15.0 Å². The van der Waals surface area contributed by atoms with Gasteiger partial charge in [0.05, 0.1) is 6.20 Å². The molecule has 0 aliphatic carbocycles. The maximum Gasteiger partial charge on any atom is 0.251 e. The number of aryl methyl sites for hydroxylation is 1. The van der Waals surface area contributed by atoms with Crippen molar-refractivity contribution in [2.75, 3.05) is 6.54 Å². The summed E-state index contributed by atoms with van der Waals surface area (Å²) in [7, 11) is 0. The van der Waals surface area contributed by atoms with Crippen LogP contribution in [0.5, 0.6) is 11.5 Å². The lowest BCUT2D eigenvalue weighted by Crippen LogP contribution is -2.25. The highest BCUT2D eigenvalue weighted by atomic mass is 16.3. The Balaban J connectivity index is 1.80. The fraction of sp³-hybridized carbons (Fsp3) is 0.250. The zero-order valence-corrected chi connectivity index (χ0v) is 10.2. The van der Waals surface area contributed by atoms with Crippen LogP contribution in [0.15, 0.2) is 30.6 Å². The molecule has 0 unspecified atom stereocenters. The van der Waals surface area contributed by atoms with Crippen molar-refractivity contribution in [1.82, 2.24) is 20.3 Å². The number of rotatable bonds is 5. The van der Waals surface area contributed by atoms with Crippen LogP contribution in [-0.2, 0) is 6.54 Å². The first kappa shape index (κ1) is 12.9. The van der Waals surface area contributed by atoms with Crippen molar-refractivity contribution in [1.29, 1.82) is 0 Å². The van der Waals surface area contributed by atoms with Gasteiger partial charge in [-0.15, -0.1) is 5.10 Å². The van der Waals surface area contributed by atoms with E-state index in [1.807, 2.05) is 0 Å². The molecule has 2 rings (SSSR count). The number of benzene rings is 1. The SMILES string of the molecule is O=C(NCCCn1ccnn1)c1cc(O)cc(O)c1. The molecule has 1 amide bonds. The van der Waals surface area contributed by atoms with Crippen LogP contribution < -0.4 is 5.32 Å². The Morgan fingerprint density at radius 3 is 2.63 bits per heavy atom. The first-order chi connectivity index (χ1) is 9.15. The highest BCUT2D eigenvalue weighted by Gasteiger charge is 2.07. The van der Waals surface area contributed by atoms with Crippen LogP contribution in [0, 0.1) is 0 Å². The molecule has 0 saturated heterocycles. The van der Waals surface area contributed by atoms with Crippen LogP contribution in [0.2, 0.25) is 0 Å². The number of amides is 1. The number of nitrogens with one attached hydrogen (secondary N) is 1. The molecule has 7 nitrogen and oxygen atoms in total. The normalized spacial score (nSPS) is 10.3. The van der Waals surface area contributed by atoms with Crippen molar-refractivity contribution in [3.05, 3.63) is 36.2 Å². The second-order valence-electron chi connectivity index (χ2n) is 4.01. The van der Waals surface area contributed by atoms with Gasteiger partial charge in [-0.05, 0) is 18.6 Å². The summed E-state index contributed by atoms with van der Waals surface area (Å²) in [5.74, 6) is -0.634. The maximum absolute atomic E-state index is 11.7. The van der Waals surface area contributed by atoms with E-state index in [1.54, 1.807) is 17.1 Å². The van der Waals surface area contributed by atoms with Gasteiger partial charge in [0.25, 0.3) is 5.91 Å². The minimum absolute atomic E-state index is 0.146. The zero-order valence-electron chi connectivity index (χ0n) is 10.2. The molecule has 0 aliphatic heterocycles. The van der Waals surface area contributed by atoms with Crippen LogP contribution in [0.4, 0.5) is 0 Å². The fourth-order valence-electron chi connectivity index (χ4n) is 1.62. The van der Waals surface area contributed by atoms with Crippen LogP contribution in [0.25, 0.3) is 0 Å². The Labute approximate surface area is 109 Å². The third-order valence-electron chi connectivity index (χ3n) is 2.49. The van der Waals surface area contributed by atoms with Gasteiger partial charge in [0.15, 0.2) is 0 Å². The number of aromatic nitrogens is 3. The predicted molar refractivity (Wildman–Crippen MR) is 66.7 cm³/mol. The molecule has 3 N–H and O–H groups in total. The summed E-state index contributed by atoms with van der Waals surface area (Å²) in [4.78, 5) is 11.7. The number of aromatic hydroxyl groups is 2. The standard InChI is InChI=1S/C12H14N4O3/c17-10-6-9(7-11(18)8-10)12(19)13-2-1-4-16-5-3-14-15-16/h3,5-8,17-18H,1-2,4H2,(H,13,19). The van der Waals surface area contributed by atoms with E-state index in [4.69, 9.17) is 0 Å². The number of nitrogens with zero attached hydrogens (tertiary/aromatic N) is 3. The predicted octanol–water partition coefficient (Wildman–Crippen LogP) is 0.509. The first-order valence-electron chi connectivity index (χ1n) is 5.80. The summed E-state index contributed by atoms with van der Waals surface area (Å²) in [5, 5.41) is 28.7. The van der Waals surface area contributed by atoms with Gasteiger partial charge in [-0.25, -0.2) is 0 Å². The van der Waals surface area contributed by atoms with E-state index in [-0.39, 0.29) is 23.0 Å². The Hall–Kier alpha value is -2.57. The molecule has 1 heterocycles. The molecular formula is C12H14N4O3. The van der Waals surface area contributed by atoms with E-state index in [0.29, 0.717) is 19.5 Å². The lowest BCUT2D eigenvalue weighted by Gasteiger charge is -2.06. The zero-order chi connectivity index (χ0) is 13.7. The number of phenolic OH excluding ortho intramolecular Hbond substituents is 2. The summed E-state index contributed by atoms with van der Waals surface area (Å²) < 4.78 is 1.67. The fourth-order valence-corrected chi connectivity index (χ4v) is 1.62. The van der Waals surface area contributed by atoms with E-state index in [2.05, 4.69) is 15.6 Å². The van der Waals surface area contributed by atoms with Gasteiger partial charge < -0.3 is 15.5 Å². The Morgan fingerprint density at radius 2 is 2.00 bits per heavy atom. The average molecular weight is 262 g/mol. The highest BCUT2D eigenvalue weighted by molar-refractivity contribution is 5.94. The smallest absolute Gasteiger partial charge is 0.251 e. The molecule has 0 atom stereocenters. The van der Waals surface area contributed by atoms with Crippen molar-refractivity contribution in [3.63, 3.8) is 0 Å². The van der Waals surface area contributed by atoms with Crippen LogP contribution in [0.1, 0.15) is 16.8 Å². The summed E-state index contributed by atoms with van der Waals surface area (Å²) in [6.45, 7) is 1.13. The Kier molecular flexibility index (Phi) is 3.97. The van der Waals surface area contributed by atoms with E-state index in [1.165, 1.54) is 18.2 Å². The minimum atomic E-state index is -0.343. The summed E-state index contributed by atoms with van der Waals surface area (Å²) in [5.41, 5.74) is 0.221. The quantitative estimate of drug-likeness (QED) is 0.682. The third kappa shape index (κ3) is 3.70. The Morgan fingerprint density at radius 1 is 1.26 bits per heavy atom. The van der Waals surface area contributed by atoms with Crippen LogP contribution >= 0.6 is 0 Å². The molecule has 0 fully saturated rings. The topological polar surface area (TPSA) is 100 Å². The van der Waals surface area contributed by atoms with Gasteiger partial charge >= 0.3 is 0 Å². The van der Waals surface area contributed by atoms with E-state index < -0.39 is 0 Å². The number of hydrogen-bond acceptors (Lipinski definition) is 5. The first-order valence-corrected chi connectivity index (χ1v) is 5.80. The lowest BCUT2D eigenvalue weighted by molar-refractivity contribution is 0.0951. The highest BCUT2D eigenvalue weighted by Crippen LogP contribution is 2.20. The Bertz CT molecular complexity index is 534. The largest absolute Gasteiger partial charge is 0.508 e. The van der Waals surface area contributed by atoms with Crippen molar-refractivity contribution in [2.24, 2.45) is 0 Å². The maximum atomic E-state index is 11.7. The molecule has 100 valence electrons. The van der Waals surface area contributed by atoms with Crippen LogP contribution in [-0.4, -0.2) is 37.7 Å². The number of carbonyl (C=O) groups excluding carboxylic acids is 1. The van der Waals surface area contributed by atoms with E-state index in [0.717, 1.165) is 0 Å². The molecule has 0 saturated carbocycles. The monoisotopic (exact) mass is 262 g/mol. The molecule has 0 bridgehead atoms. The number of hydrogen-bond donors (Lipinski definition) is 3. The average Bonchev–Trinajstić information content (AvgIpc) is 2.86. The molecule has 0 aliphatic rings. The van der Waals surface area contributed by atoms with Crippen molar-refractivity contribution >= 4 is 5.91 Å². The van der Waals surface area contributed by atoms with Gasteiger partial charge in [-0.3, -0.25) is 9.48 Å². The molecule has 1 aromatic carbocycles. The summed E-state index contributed by atoms with van der Waals surface area (Å²) in [6, 6.07) is 3.76. The van der Waals surface area contributed by atoms with Gasteiger partial charge in [-0.1, -0.05) is 5.21 Å². The lowest BCUT2D eigenvalue weighted by atomic mass is 10.2. The molecule has 7 heteroatoms. The second kappa shape index (κ2) is 5.85. The van der Waals surface area contributed by atoms with Crippen molar-refractivity contribution in [3.8, 4) is 11.5 Å². The number of carbonyl (C=O) groups is 1. The van der Waals surface area contributed by atoms with Gasteiger partial charge in [-0.2, -0.15) is 0 Å². The molecule has 1 aromatic heterocycles. The molecule has 2 aromatic rings. The minimum Gasteiger partial charge on any atom is -0.508 e. The third-order valence-corrected chi connectivity index (χ3v) is 2.49. The van der Waals surface area contributed by atoms with Gasteiger partial charge in [0.1, 0.15) is 11.5 Å².